The highest BCUT2D eigenvalue weighted by Crippen LogP contribution is 2.40. The van der Waals surface area contributed by atoms with Crippen LogP contribution < -0.4 is 19.5 Å². The van der Waals surface area contributed by atoms with Gasteiger partial charge in [0.15, 0.2) is 11.5 Å². The number of aliphatic carboxylic acids is 1. The van der Waals surface area contributed by atoms with Crippen LogP contribution in [-0.2, 0) is 16.0 Å². The molecule has 1 amide bonds. The zero-order chi connectivity index (χ0) is 17.6. The third kappa shape index (κ3) is 4.51. The van der Waals surface area contributed by atoms with Crippen molar-refractivity contribution < 1.29 is 28.9 Å². The molecule has 1 aromatic rings. The van der Waals surface area contributed by atoms with Gasteiger partial charge in [-0.05, 0) is 31.9 Å². The van der Waals surface area contributed by atoms with Gasteiger partial charge >= 0.3 is 5.97 Å². The predicted molar refractivity (Wildman–Crippen MR) is 84.3 cm³/mol. The number of carboxylic acids is 1. The van der Waals surface area contributed by atoms with Crippen LogP contribution >= 0.6 is 0 Å². The van der Waals surface area contributed by atoms with Crippen LogP contribution in [0.25, 0.3) is 0 Å². The lowest BCUT2D eigenvalue weighted by molar-refractivity contribution is -0.146. The van der Waals surface area contributed by atoms with E-state index in [1.165, 1.54) is 35.2 Å². The first kappa shape index (κ1) is 18.6. The molecule has 0 aliphatic heterocycles. The maximum absolute atomic E-state index is 11.9. The monoisotopic (exact) mass is 325 g/mol. The maximum atomic E-state index is 11.9. The molecule has 1 aromatic carbocycles. The van der Waals surface area contributed by atoms with Gasteiger partial charge in [-0.2, -0.15) is 0 Å². The van der Waals surface area contributed by atoms with Gasteiger partial charge in [-0.25, -0.2) is 4.79 Å². The van der Waals surface area contributed by atoms with Gasteiger partial charge in [-0.1, -0.05) is 6.07 Å². The van der Waals surface area contributed by atoms with E-state index in [1.54, 1.807) is 12.1 Å². The molecule has 0 radical (unpaired) electrons. The van der Waals surface area contributed by atoms with Gasteiger partial charge in [0.05, 0.1) is 21.3 Å². The van der Waals surface area contributed by atoms with Crippen LogP contribution in [0.4, 0.5) is 0 Å². The summed E-state index contributed by atoms with van der Waals surface area (Å²) in [6.07, 6.45) is 0.508. The molecular weight excluding hydrogens is 302 g/mol. The fraction of sp³-hybridized carbons (Fsp3) is 0.500. The topological polar surface area (TPSA) is 94.1 Å². The molecule has 0 fully saturated rings. The number of methoxy groups -OCH3 is 3. The van der Waals surface area contributed by atoms with Crippen LogP contribution in [0.15, 0.2) is 12.1 Å². The van der Waals surface area contributed by atoms with Crippen LogP contribution in [0, 0.1) is 0 Å². The van der Waals surface area contributed by atoms with Crippen molar-refractivity contribution in [3.8, 4) is 17.2 Å². The molecule has 23 heavy (non-hydrogen) atoms. The van der Waals surface area contributed by atoms with Crippen molar-refractivity contribution in [3.05, 3.63) is 17.7 Å². The summed E-state index contributed by atoms with van der Waals surface area (Å²) in [7, 11) is 4.54. The molecule has 7 nitrogen and oxygen atoms in total. The van der Waals surface area contributed by atoms with Crippen LogP contribution in [0.1, 0.15) is 25.8 Å². The largest absolute Gasteiger partial charge is 0.493 e. The first-order valence-corrected chi connectivity index (χ1v) is 7.09. The summed E-state index contributed by atoms with van der Waals surface area (Å²) in [5, 5.41) is 11.5. The summed E-state index contributed by atoms with van der Waals surface area (Å²) in [6, 6.07) is 3.52. The average molecular weight is 325 g/mol. The fourth-order valence-corrected chi connectivity index (χ4v) is 2.07. The third-order valence-corrected chi connectivity index (χ3v) is 3.39. The van der Waals surface area contributed by atoms with Crippen LogP contribution in [0.5, 0.6) is 17.2 Å². The zero-order valence-electron chi connectivity index (χ0n) is 14.1. The van der Waals surface area contributed by atoms with Crippen molar-refractivity contribution in [2.24, 2.45) is 0 Å². The Labute approximate surface area is 135 Å². The van der Waals surface area contributed by atoms with Crippen molar-refractivity contribution in [2.45, 2.75) is 32.2 Å². The Hall–Kier alpha value is -2.44. The normalized spacial score (nSPS) is 10.8. The minimum atomic E-state index is -1.31. The van der Waals surface area contributed by atoms with Gasteiger partial charge in [0.25, 0.3) is 0 Å². The van der Waals surface area contributed by atoms with E-state index in [9.17, 15) is 9.59 Å². The number of hydrogen-bond donors (Lipinski definition) is 2. The molecule has 0 heterocycles. The number of benzene rings is 1. The Balaban J connectivity index is 2.86. The van der Waals surface area contributed by atoms with Gasteiger partial charge in [-0.3, -0.25) is 4.79 Å². The summed E-state index contributed by atoms with van der Waals surface area (Å²) >= 11 is 0. The van der Waals surface area contributed by atoms with Gasteiger partial charge in [0.2, 0.25) is 11.7 Å². The second-order valence-corrected chi connectivity index (χ2v) is 5.47. The second kappa shape index (κ2) is 7.71. The Morgan fingerprint density at radius 3 is 2.17 bits per heavy atom. The summed E-state index contributed by atoms with van der Waals surface area (Å²) in [5.74, 6) is 0.0456. The van der Waals surface area contributed by atoms with Gasteiger partial charge in [-0.15, -0.1) is 0 Å². The lowest BCUT2D eigenvalue weighted by atomic mass is 10.0. The number of rotatable bonds is 8. The van der Waals surface area contributed by atoms with Crippen LogP contribution in [-0.4, -0.2) is 43.9 Å². The van der Waals surface area contributed by atoms with E-state index in [2.05, 4.69) is 5.32 Å². The molecule has 0 saturated heterocycles. The maximum Gasteiger partial charge on any atom is 0.328 e. The lowest BCUT2D eigenvalue weighted by Crippen LogP contribution is -2.49. The number of hydrogen-bond acceptors (Lipinski definition) is 5. The molecule has 0 spiro atoms. The first-order chi connectivity index (χ1) is 10.8. The quantitative estimate of drug-likeness (QED) is 0.754. The van der Waals surface area contributed by atoms with E-state index in [0.717, 1.165) is 5.56 Å². The molecule has 0 aromatic heterocycles. The molecule has 7 heteroatoms. The molecule has 1 rings (SSSR count). The number of ether oxygens (including phenoxy) is 3. The smallest absolute Gasteiger partial charge is 0.328 e. The molecule has 0 bridgehead atoms. The summed E-state index contributed by atoms with van der Waals surface area (Å²) in [6.45, 7) is 2.87. The lowest BCUT2D eigenvalue weighted by Gasteiger charge is -2.21. The number of nitrogens with one attached hydrogen (secondary N) is 1. The van der Waals surface area contributed by atoms with E-state index in [4.69, 9.17) is 19.3 Å². The Bertz CT molecular complexity index is 582. The first-order valence-electron chi connectivity index (χ1n) is 7.09. The summed E-state index contributed by atoms with van der Waals surface area (Å²) < 4.78 is 15.8. The van der Waals surface area contributed by atoms with E-state index >= 15 is 0 Å². The zero-order valence-corrected chi connectivity index (χ0v) is 14.1. The van der Waals surface area contributed by atoms with Gasteiger partial charge < -0.3 is 24.6 Å². The highest BCUT2D eigenvalue weighted by Gasteiger charge is 2.28. The van der Waals surface area contributed by atoms with Crippen molar-refractivity contribution in [2.75, 3.05) is 21.3 Å². The summed E-state index contributed by atoms with van der Waals surface area (Å²) in [5.41, 5.74) is -0.535. The molecule has 2 N–H and O–H groups in total. The van der Waals surface area contributed by atoms with E-state index < -0.39 is 11.5 Å². The highest BCUT2D eigenvalue weighted by atomic mass is 16.5. The summed E-state index contributed by atoms with van der Waals surface area (Å²) in [4.78, 5) is 23.0. The van der Waals surface area contributed by atoms with Crippen molar-refractivity contribution in [1.29, 1.82) is 0 Å². The van der Waals surface area contributed by atoms with Crippen LogP contribution in [0.3, 0.4) is 0 Å². The van der Waals surface area contributed by atoms with Gasteiger partial charge in [0, 0.05) is 6.42 Å². The number of carbonyl (C=O) groups is 2. The molecule has 0 unspecified atom stereocenters. The Kier molecular flexibility index (Phi) is 6.24. The standard InChI is InChI=1S/C16H23NO6/c1-16(2,15(19)20)17-12(18)9-7-10-6-8-11(21-3)14(23-5)13(10)22-4/h6,8H,7,9H2,1-5H3,(H,17,18)(H,19,20). The minimum absolute atomic E-state index is 0.128. The highest BCUT2D eigenvalue weighted by molar-refractivity contribution is 5.86. The number of carboxylic acid groups (broad SMARTS) is 1. The number of carbonyl (C=O) groups excluding carboxylic acids is 1. The Morgan fingerprint density at radius 1 is 1.09 bits per heavy atom. The van der Waals surface area contributed by atoms with E-state index in [-0.39, 0.29) is 12.3 Å². The molecular formula is C16H23NO6. The fourth-order valence-electron chi connectivity index (χ4n) is 2.07. The van der Waals surface area contributed by atoms with Crippen molar-refractivity contribution in [1.82, 2.24) is 5.32 Å². The van der Waals surface area contributed by atoms with Crippen LogP contribution in [0.2, 0.25) is 0 Å². The van der Waals surface area contributed by atoms with Crippen molar-refractivity contribution >= 4 is 11.9 Å². The number of aryl methyl sites for hydroxylation is 1. The van der Waals surface area contributed by atoms with E-state index in [1.807, 2.05) is 0 Å². The second-order valence-electron chi connectivity index (χ2n) is 5.47. The SMILES string of the molecule is COc1ccc(CCC(=O)NC(C)(C)C(=O)O)c(OC)c1OC. The molecule has 128 valence electrons. The van der Waals surface area contributed by atoms with E-state index in [0.29, 0.717) is 23.7 Å². The van der Waals surface area contributed by atoms with Crippen molar-refractivity contribution in [3.63, 3.8) is 0 Å². The number of amides is 1. The molecule has 0 atom stereocenters. The van der Waals surface area contributed by atoms with Gasteiger partial charge in [0.1, 0.15) is 5.54 Å². The minimum Gasteiger partial charge on any atom is -0.493 e. The molecule has 0 aliphatic carbocycles. The third-order valence-electron chi connectivity index (χ3n) is 3.39. The molecule has 0 saturated carbocycles. The predicted octanol–water partition coefficient (Wildman–Crippen LogP) is 1.62. The Morgan fingerprint density at radius 2 is 1.70 bits per heavy atom. The average Bonchev–Trinajstić information content (AvgIpc) is 2.50. The molecule has 0 aliphatic rings.